The van der Waals surface area contributed by atoms with Gasteiger partial charge in [-0.3, -0.25) is 15.0 Å². The number of amides is 1. The number of thiazole rings is 1. The van der Waals surface area contributed by atoms with Crippen LogP contribution in [0, 0.1) is 0 Å². The number of halogens is 1. The third-order valence-corrected chi connectivity index (χ3v) is 8.35. The molecule has 31 heavy (non-hydrogen) atoms. The van der Waals surface area contributed by atoms with Crippen LogP contribution in [0.25, 0.3) is 0 Å². The number of carbonyl (C=O) groups excluding carboxylic acids is 1. The summed E-state index contributed by atoms with van der Waals surface area (Å²) in [6.07, 6.45) is 0.883. The van der Waals surface area contributed by atoms with E-state index in [0.717, 1.165) is 25.2 Å². The second-order valence-corrected chi connectivity index (χ2v) is 10.7. The number of ether oxygens (including phenoxy) is 1. The zero-order valence-electron chi connectivity index (χ0n) is 17.5. The van der Waals surface area contributed by atoms with Crippen molar-refractivity contribution in [3.8, 4) is 0 Å². The van der Waals surface area contributed by atoms with Crippen molar-refractivity contribution in [2.75, 3.05) is 38.2 Å². The van der Waals surface area contributed by atoms with Crippen LogP contribution in [0.4, 0.5) is 5.13 Å². The minimum absolute atomic E-state index is 0. The third-order valence-electron chi connectivity index (χ3n) is 5.44. The molecule has 3 heterocycles. The highest BCUT2D eigenvalue weighted by atomic mass is 35.5. The summed E-state index contributed by atoms with van der Waals surface area (Å²) < 4.78 is 32.0. The van der Waals surface area contributed by atoms with Gasteiger partial charge in [-0.05, 0) is 38.1 Å². The SMILES string of the molecule is CC(C)N1CCc2nc(NC(=O)c3ccc(S(=O)(=O)N4CCOCC4)cc3)sc2C1.Cl. The van der Waals surface area contributed by atoms with Gasteiger partial charge in [0.2, 0.25) is 10.0 Å². The van der Waals surface area contributed by atoms with Gasteiger partial charge in [0.15, 0.2) is 5.13 Å². The highest BCUT2D eigenvalue weighted by Crippen LogP contribution is 2.29. The molecule has 2 aliphatic rings. The first-order valence-electron chi connectivity index (χ1n) is 10.1. The van der Waals surface area contributed by atoms with Crippen molar-refractivity contribution in [2.45, 2.75) is 37.8 Å². The van der Waals surface area contributed by atoms with Gasteiger partial charge in [0.25, 0.3) is 5.91 Å². The molecule has 1 saturated heterocycles. The van der Waals surface area contributed by atoms with Gasteiger partial charge in [-0.1, -0.05) is 0 Å². The molecule has 8 nitrogen and oxygen atoms in total. The van der Waals surface area contributed by atoms with Crippen molar-refractivity contribution < 1.29 is 17.9 Å². The van der Waals surface area contributed by atoms with Gasteiger partial charge in [-0.15, -0.1) is 23.7 Å². The van der Waals surface area contributed by atoms with Crippen LogP contribution in [0.1, 0.15) is 34.8 Å². The minimum Gasteiger partial charge on any atom is -0.379 e. The maximum Gasteiger partial charge on any atom is 0.257 e. The third kappa shape index (κ3) is 5.27. The van der Waals surface area contributed by atoms with Gasteiger partial charge in [-0.25, -0.2) is 13.4 Å². The number of carbonyl (C=O) groups is 1. The van der Waals surface area contributed by atoms with Gasteiger partial charge < -0.3 is 4.74 Å². The lowest BCUT2D eigenvalue weighted by atomic mass is 10.1. The van der Waals surface area contributed by atoms with Crippen LogP contribution in [0.15, 0.2) is 29.2 Å². The lowest BCUT2D eigenvalue weighted by Crippen LogP contribution is -2.40. The Labute approximate surface area is 193 Å². The number of rotatable bonds is 5. The monoisotopic (exact) mass is 486 g/mol. The van der Waals surface area contributed by atoms with Crippen LogP contribution >= 0.6 is 23.7 Å². The second kappa shape index (κ2) is 9.93. The molecule has 0 radical (unpaired) electrons. The zero-order valence-corrected chi connectivity index (χ0v) is 20.0. The number of hydrogen-bond acceptors (Lipinski definition) is 7. The summed E-state index contributed by atoms with van der Waals surface area (Å²) in [5, 5.41) is 3.44. The van der Waals surface area contributed by atoms with E-state index in [4.69, 9.17) is 4.74 Å². The van der Waals surface area contributed by atoms with Crippen molar-refractivity contribution >= 4 is 44.8 Å². The van der Waals surface area contributed by atoms with Crippen molar-refractivity contribution in [1.82, 2.24) is 14.2 Å². The van der Waals surface area contributed by atoms with Gasteiger partial charge in [-0.2, -0.15) is 4.31 Å². The molecule has 1 amide bonds. The van der Waals surface area contributed by atoms with Crippen LogP contribution in [0.5, 0.6) is 0 Å². The molecule has 2 aliphatic heterocycles. The summed E-state index contributed by atoms with van der Waals surface area (Å²) >= 11 is 1.51. The molecule has 1 fully saturated rings. The van der Waals surface area contributed by atoms with E-state index >= 15 is 0 Å². The number of aromatic nitrogens is 1. The first-order valence-corrected chi connectivity index (χ1v) is 12.3. The molecule has 11 heteroatoms. The highest BCUT2D eigenvalue weighted by Gasteiger charge is 2.27. The van der Waals surface area contributed by atoms with E-state index in [2.05, 4.69) is 29.0 Å². The van der Waals surface area contributed by atoms with Crippen molar-refractivity contribution in [3.63, 3.8) is 0 Å². The van der Waals surface area contributed by atoms with E-state index in [1.165, 1.54) is 44.8 Å². The first kappa shape index (κ1) is 24.1. The number of anilines is 1. The fourth-order valence-corrected chi connectivity index (χ4v) is 6.03. The second-order valence-electron chi connectivity index (χ2n) is 7.70. The molecular weight excluding hydrogens is 460 g/mol. The minimum atomic E-state index is -3.57. The fourth-order valence-electron chi connectivity index (χ4n) is 3.59. The van der Waals surface area contributed by atoms with Crippen LogP contribution in [-0.4, -0.2) is 67.4 Å². The van der Waals surface area contributed by atoms with Crippen LogP contribution < -0.4 is 5.32 Å². The van der Waals surface area contributed by atoms with E-state index in [9.17, 15) is 13.2 Å². The summed E-state index contributed by atoms with van der Waals surface area (Å²) in [5.41, 5.74) is 1.45. The number of morpholine rings is 1. The topological polar surface area (TPSA) is 91.8 Å². The van der Waals surface area contributed by atoms with Gasteiger partial charge in [0.1, 0.15) is 0 Å². The molecule has 0 atom stereocenters. The average molecular weight is 487 g/mol. The number of fused-ring (bicyclic) bond motifs is 1. The molecule has 0 spiro atoms. The Kier molecular flexibility index (Phi) is 7.72. The van der Waals surface area contributed by atoms with Crippen LogP contribution in [-0.2, 0) is 27.7 Å². The Balaban J connectivity index is 0.00000272. The molecule has 0 aliphatic carbocycles. The van der Waals surface area contributed by atoms with Crippen LogP contribution in [0.2, 0.25) is 0 Å². The molecule has 0 bridgehead atoms. The molecule has 1 aromatic heterocycles. The zero-order chi connectivity index (χ0) is 21.3. The molecule has 0 unspecified atom stereocenters. The molecule has 0 saturated carbocycles. The predicted molar refractivity (Wildman–Crippen MR) is 123 cm³/mol. The van der Waals surface area contributed by atoms with Crippen LogP contribution in [0.3, 0.4) is 0 Å². The Morgan fingerprint density at radius 1 is 1.16 bits per heavy atom. The molecular formula is C20H27ClN4O4S2. The molecule has 2 aromatic rings. The first-order chi connectivity index (χ1) is 14.3. The molecule has 1 aromatic carbocycles. The summed E-state index contributed by atoms with van der Waals surface area (Å²) in [5.74, 6) is -0.294. The number of hydrogen-bond donors (Lipinski definition) is 1. The summed E-state index contributed by atoms with van der Waals surface area (Å²) in [6.45, 7) is 7.66. The van der Waals surface area contributed by atoms with E-state index in [1.54, 1.807) is 0 Å². The Morgan fingerprint density at radius 2 is 1.84 bits per heavy atom. The van der Waals surface area contributed by atoms with E-state index in [1.807, 2.05) is 0 Å². The lowest BCUT2D eigenvalue weighted by molar-refractivity contribution is 0.0730. The largest absolute Gasteiger partial charge is 0.379 e. The fraction of sp³-hybridized carbons (Fsp3) is 0.500. The van der Waals surface area contributed by atoms with Gasteiger partial charge >= 0.3 is 0 Å². The number of nitrogens with zero attached hydrogens (tertiary/aromatic N) is 3. The summed E-state index contributed by atoms with van der Waals surface area (Å²) in [6, 6.07) is 6.51. The van der Waals surface area contributed by atoms with Gasteiger partial charge in [0, 0.05) is 49.1 Å². The number of benzene rings is 1. The number of sulfonamides is 1. The van der Waals surface area contributed by atoms with E-state index in [-0.39, 0.29) is 23.2 Å². The Bertz CT molecular complexity index is 1020. The van der Waals surface area contributed by atoms with Gasteiger partial charge in [0.05, 0.1) is 23.8 Å². The highest BCUT2D eigenvalue weighted by molar-refractivity contribution is 7.89. The predicted octanol–water partition coefficient (Wildman–Crippen LogP) is 2.60. The standard InChI is InChI=1S/C20H26N4O4S2.ClH/c1-14(2)23-8-7-17-18(13-23)29-20(21-17)22-19(25)15-3-5-16(6-4-15)30(26,27)24-9-11-28-12-10-24;/h3-6,14H,7-13H2,1-2H3,(H,21,22,25);1H. The smallest absolute Gasteiger partial charge is 0.257 e. The molecule has 1 N–H and O–H groups in total. The molecule has 170 valence electrons. The quantitative estimate of drug-likeness (QED) is 0.698. The lowest BCUT2D eigenvalue weighted by Gasteiger charge is -2.29. The van der Waals surface area contributed by atoms with Crippen molar-refractivity contribution in [3.05, 3.63) is 40.4 Å². The normalized spacial score (nSPS) is 17.8. The van der Waals surface area contributed by atoms with Crippen molar-refractivity contribution in [2.24, 2.45) is 0 Å². The van der Waals surface area contributed by atoms with E-state index < -0.39 is 10.0 Å². The Morgan fingerprint density at radius 3 is 2.48 bits per heavy atom. The average Bonchev–Trinajstić information content (AvgIpc) is 3.15. The maximum absolute atomic E-state index is 12.7. The number of nitrogens with one attached hydrogen (secondary N) is 1. The molecule has 4 rings (SSSR count). The van der Waals surface area contributed by atoms with E-state index in [0.29, 0.717) is 43.0 Å². The maximum atomic E-state index is 12.7. The summed E-state index contributed by atoms with van der Waals surface area (Å²) in [4.78, 5) is 21.0. The Hall–Kier alpha value is -1.56. The van der Waals surface area contributed by atoms with Crippen molar-refractivity contribution in [1.29, 1.82) is 0 Å². The summed E-state index contributed by atoms with van der Waals surface area (Å²) in [7, 11) is -3.57.